The first-order valence-electron chi connectivity index (χ1n) is 9.86. The summed E-state index contributed by atoms with van der Waals surface area (Å²) in [5.74, 6) is 1.45. The fraction of sp³-hybridized carbons (Fsp3) is 0.458. The molecule has 0 unspecified atom stereocenters. The van der Waals surface area contributed by atoms with Crippen molar-refractivity contribution < 1.29 is 9.00 Å². The first kappa shape index (κ1) is 21.6. The van der Waals surface area contributed by atoms with E-state index in [-0.39, 0.29) is 5.78 Å². The van der Waals surface area contributed by atoms with Crippen LogP contribution < -0.4 is 0 Å². The molecule has 2 aromatic rings. The number of carbonyl (C=O) groups excluding carboxylic acids is 1. The zero-order chi connectivity index (χ0) is 20.1. The second-order valence-corrected chi connectivity index (χ2v) is 9.59. The molecule has 2 nitrogen and oxygen atoms in total. The van der Waals surface area contributed by atoms with Crippen molar-refractivity contribution >= 4 is 16.6 Å². The van der Waals surface area contributed by atoms with Crippen LogP contribution in [0.25, 0.3) is 0 Å². The molecule has 3 heteroatoms. The molecule has 0 heterocycles. The summed E-state index contributed by atoms with van der Waals surface area (Å²) in [7, 11) is -1.18. The van der Waals surface area contributed by atoms with Crippen LogP contribution in [0.4, 0.5) is 0 Å². The van der Waals surface area contributed by atoms with Gasteiger partial charge in [-0.3, -0.25) is 9.00 Å². The van der Waals surface area contributed by atoms with E-state index in [1.165, 1.54) is 5.56 Å². The van der Waals surface area contributed by atoms with Gasteiger partial charge in [0.05, 0.1) is 10.8 Å². The largest absolute Gasteiger partial charge is 0.294 e. The number of ketones is 1. The third-order valence-electron chi connectivity index (χ3n) is 4.92. The Bertz CT molecular complexity index is 775. The minimum Gasteiger partial charge on any atom is -0.294 e. The van der Waals surface area contributed by atoms with Gasteiger partial charge in [-0.25, -0.2) is 0 Å². The lowest BCUT2D eigenvalue weighted by molar-refractivity contribution is 0.0989. The molecule has 2 rings (SSSR count). The van der Waals surface area contributed by atoms with Gasteiger partial charge >= 0.3 is 0 Å². The summed E-state index contributed by atoms with van der Waals surface area (Å²) in [4.78, 5) is 13.4. The van der Waals surface area contributed by atoms with E-state index in [1.54, 1.807) is 0 Å². The molecule has 0 aromatic heterocycles. The third-order valence-corrected chi connectivity index (χ3v) is 6.42. The molecule has 0 amide bonds. The van der Waals surface area contributed by atoms with Crippen molar-refractivity contribution in [3.63, 3.8) is 0 Å². The average Bonchev–Trinajstić information content (AvgIpc) is 2.65. The van der Waals surface area contributed by atoms with Gasteiger partial charge in [-0.05, 0) is 34.4 Å². The van der Waals surface area contributed by atoms with Crippen molar-refractivity contribution in [2.45, 2.75) is 70.6 Å². The lowest BCUT2D eigenvalue weighted by atomic mass is 9.89. The molecule has 146 valence electrons. The van der Waals surface area contributed by atoms with Crippen LogP contribution in [0.3, 0.4) is 0 Å². The molecule has 27 heavy (non-hydrogen) atoms. The molecule has 0 saturated heterocycles. The van der Waals surface area contributed by atoms with Crippen molar-refractivity contribution in [2.24, 2.45) is 0 Å². The summed E-state index contributed by atoms with van der Waals surface area (Å²) in [6.45, 7) is 13.0. The number of rotatable bonds is 8. The molecule has 0 radical (unpaired) electrons. The topological polar surface area (TPSA) is 34.1 Å². The van der Waals surface area contributed by atoms with Gasteiger partial charge in [-0.1, -0.05) is 84.0 Å². The van der Waals surface area contributed by atoms with Gasteiger partial charge in [0.15, 0.2) is 5.78 Å². The smallest absolute Gasteiger partial charge is 0.163 e. The van der Waals surface area contributed by atoms with Crippen LogP contribution in [0.15, 0.2) is 47.4 Å². The maximum absolute atomic E-state index is 13.3. The molecule has 0 aliphatic heterocycles. The Morgan fingerprint density at radius 3 is 1.81 bits per heavy atom. The van der Waals surface area contributed by atoms with Gasteiger partial charge in [0.1, 0.15) is 0 Å². The van der Waals surface area contributed by atoms with Crippen molar-refractivity contribution in [1.29, 1.82) is 0 Å². The maximum Gasteiger partial charge on any atom is 0.163 e. The van der Waals surface area contributed by atoms with Crippen LogP contribution in [-0.2, 0) is 10.8 Å². The predicted molar refractivity (Wildman–Crippen MR) is 115 cm³/mol. The fourth-order valence-corrected chi connectivity index (χ4v) is 4.90. The maximum atomic E-state index is 13.3. The van der Waals surface area contributed by atoms with E-state index in [9.17, 15) is 9.00 Å². The van der Waals surface area contributed by atoms with Gasteiger partial charge < -0.3 is 0 Å². The number of hydrogen-bond acceptors (Lipinski definition) is 2. The summed E-state index contributed by atoms with van der Waals surface area (Å²) < 4.78 is 13.3. The Kier molecular flexibility index (Phi) is 7.55. The minimum atomic E-state index is -1.18. The van der Waals surface area contributed by atoms with Crippen molar-refractivity contribution in [3.05, 3.63) is 64.7 Å². The first-order chi connectivity index (χ1) is 12.7. The highest BCUT2D eigenvalue weighted by Gasteiger charge is 2.22. The van der Waals surface area contributed by atoms with Gasteiger partial charge in [0.2, 0.25) is 0 Å². The average molecular weight is 385 g/mol. The van der Waals surface area contributed by atoms with Gasteiger partial charge in [-0.2, -0.15) is 0 Å². The fourth-order valence-electron chi connectivity index (χ4n) is 3.21. The zero-order valence-electron chi connectivity index (χ0n) is 17.4. The molecule has 0 aliphatic rings. The molecular weight excluding hydrogens is 352 g/mol. The summed E-state index contributed by atoms with van der Waals surface area (Å²) >= 11 is 0. The molecule has 0 spiro atoms. The molecule has 0 aliphatic carbocycles. The SMILES string of the molecule is CC(C)c1cc(C(C)C)c([S@@](=O)CCC(=O)c2ccccc2)c(C(C)C)c1. The predicted octanol–water partition coefficient (Wildman–Crippen LogP) is 6.44. The second kappa shape index (κ2) is 9.45. The number of hydrogen-bond donors (Lipinski definition) is 0. The number of Topliss-reactive ketones (excluding diaryl/α,β-unsaturated/α-hetero) is 1. The zero-order valence-corrected chi connectivity index (χ0v) is 18.2. The highest BCUT2D eigenvalue weighted by atomic mass is 32.2. The molecular formula is C24H32O2S. The minimum absolute atomic E-state index is 0.0555. The van der Waals surface area contributed by atoms with Crippen LogP contribution in [0, 0.1) is 0 Å². The Hall–Kier alpha value is -1.74. The van der Waals surface area contributed by atoms with Gasteiger partial charge in [-0.15, -0.1) is 0 Å². The molecule has 0 fully saturated rings. The van der Waals surface area contributed by atoms with Crippen LogP contribution in [0.1, 0.15) is 92.8 Å². The van der Waals surface area contributed by atoms with Crippen LogP contribution >= 0.6 is 0 Å². The molecule has 0 saturated carbocycles. The highest BCUT2D eigenvalue weighted by Crippen LogP contribution is 2.34. The van der Waals surface area contributed by atoms with E-state index >= 15 is 0 Å². The Balaban J connectivity index is 2.34. The Labute approximate surface area is 166 Å². The summed E-state index contributed by atoms with van der Waals surface area (Å²) in [6.07, 6.45) is 0.303. The van der Waals surface area contributed by atoms with Crippen LogP contribution in [0.5, 0.6) is 0 Å². The summed E-state index contributed by atoms with van der Waals surface area (Å²) in [5, 5.41) is 0. The van der Waals surface area contributed by atoms with Crippen molar-refractivity contribution in [3.8, 4) is 0 Å². The number of carbonyl (C=O) groups is 1. The molecule has 0 N–H and O–H groups in total. The molecule has 1 atom stereocenters. The number of benzene rings is 2. The standard InChI is InChI=1S/C24H32O2S/c1-16(2)20-14-21(17(3)4)24(22(15-20)18(5)6)27(26)13-12-23(25)19-10-8-7-9-11-19/h7-11,14-18H,12-13H2,1-6H3/t27-/m0/s1. The van der Waals surface area contributed by atoms with Crippen molar-refractivity contribution in [2.75, 3.05) is 5.75 Å². The Morgan fingerprint density at radius 2 is 1.37 bits per heavy atom. The molecule has 2 aromatic carbocycles. The lowest BCUT2D eigenvalue weighted by Crippen LogP contribution is -2.12. The van der Waals surface area contributed by atoms with E-state index in [0.29, 0.717) is 35.5 Å². The Morgan fingerprint density at radius 1 is 0.852 bits per heavy atom. The van der Waals surface area contributed by atoms with E-state index in [4.69, 9.17) is 0 Å². The normalized spacial score (nSPS) is 12.8. The van der Waals surface area contributed by atoms with Crippen molar-refractivity contribution in [1.82, 2.24) is 0 Å². The van der Waals surface area contributed by atoms with E-state index < -0.39 is 10.8 Å². The van der Waals surface area contributed by atoms with Crippen LogP contribution in [0.2, 0.25) is 0 Å². The van der Waals surface area contributed by atoms with Gasteiger partial charge in [0.25, 0.3) is 0 Å². The summed E-state index contributed by atoms with van der Waals surface area (Å²) in [5.41, 5.74) is 4.31. The summed E-state index contributed by atoms with van der Waals surface area (Å²) in [6, 6.07) is 13.7. The first-order valence-corrected chi connectivity index (χ1v) is 11.2. The quantitative estimate of drug-likeness (QED) is 0.491. The lowest BCUT2D eigenvalue weighted by Gasteiger charge is -2.22. The van der Waals surface area contributed by atoms with E-state index in [1.807, 2.05) is 30.3 Å². The monoisotopic (exact) mass is 384 g/mol. The highest BCUT2D eigenvalue weighted by molar-refractivity contribution is 7.85. The van der Waals surface area contributed by atoms with E-state index in [0.717, 1.165) is 16.0 Å². The second-order valence-electron chi connectivity index (χ2n) is 8.08. The van der Waals surface area contributed by atoms with Crippen LogP contribution in [-0.4, -0.2) is 15.7 Å². The van der Waals surface area contributed by atoms with Gasteiger partial charge in [0, 0.05) is 22.6 Å². The van der Waals surface area contributed by atoms with E-state index in [2.05, 4.69) is 53.7 Å². The third kappa shape index (κ3) is 5.38. The molecule has 0 bridgehead atoms.